The highest BCUT2D eigenvalue weighted by Gasteiger charge is 2.13. The largest absolute Gasteiger partial charge is 0.397 e. The molecule has 1 amide bonds. The minimum absolute atomic E-state index is 0.229. The van der Waals surface area contributed by atoms with E-state index in [-0.39, 0.29) is 5.91 Å². The molecule has 5 aromatic rings. The molecule has 3 heterocycles. The summed E-state index contributed by atoms with van der Waals surface area (Å²) in [6.07, 6.45) is 5.48. The number of pyridine rings is 1. The average molecular weight is 435 g/mol. The number of nitrogens with one attached hydrogen (secondary N) is 1. The molecule has 0 aliphatic rings. The lowest BCUT2D eigenvalue weighted by Gasteiger charge is -2.18. The van der Waals surface area contributed by atoms with Crippen molar-refractivity contribution in [1.29, 1.82) is 0 Å². The van der Waals surface area contributed by atoms with E-state index in [1.165, 1.54) is 0 Å². The van der Waals surface area contributed by atoms with Crippen molar-refractivity contribution in [2.75, 3.05) is 23.0 Å². The minimum Gasteiger partial charge on any atom is -0.397 e. The van der Waals surface area contributed by atoms with Crippen molar-refractivity contribution in [3.63, 3.8) is 0 Å². The summed E-state index contributed by atoms with van der Waals surface area (Å²) in [5, 5.41) is 2.83. The van der Waals surface area contributed by atoms with E-state index in [0.717, 1.165) is 22.7 Å². The molecule has 3 N–H and O–H groups in total. The van der Waals surface area contributed by atoms with Gasteiger partial charge in [0.05, 0.1) is 29.0 Å². The van der Waals surface area contributed by atoms with Crippen molar-refractivity contribution in [3.8, 4) is 11.4 Å². The predicted molar refractivity (Wildman–Crippen MR) is 130 cm³/mol. The summed E-state index contributed by atoms with van der Waals surface area (Å²) in [5.74, 6) is 0.306. The van der Waals surface area contributed by atoms with Crippen LogP contribution in [0, 0.1) is 0 Å². The molecule has 0 aliphatic carbocycles. The number of fused-ring (bicyclic) bond motifs is 1. The number of para-hydroxylation sites is 2. The van der Waals surface area contributed by atoms with Gasteiger partial charge in [-0.05, 0) is 54.6 Å². The molecule has 0 aliphatic heterocycles. The Morgan fingerprint density at radius 1 is 0.970 bits per heavy atom. The molecule has 0 fully saturated rings. The number of anilines is 4. The zero-order chi connectivity index (χ0) is 22.8. The summed E-state index contributed by atoms with van der Waals surface area (Å²) in [7, 11) is 1.88. The molecule has 0 atom stereocenters. The smallest absolute Gasteiger partial charge is 0.255 e. The maximum atomic E-state index is 12.6. The number of nitrogens with zero attached hydrogens (tertiary/aromatic N) is 5. The van der Waals surface area contributed by atoms with E-state index in [0.29, 0.717) is 22.9 Å². The van der Waals surface area contributed by atoms with Crippen molar-refractivity contribution < 1.29 is 4.79 Å². The van der Waals surface area contributed by atoms with Gasteiger partial charge in [0.25, 0.3) is 5.91 Å². The van der Waals surface area contributed by atoms with Crippen LogP contribution in [0.4, 0.5) is 23.0 Å². The zero-order valence-corrected chi connectivity index (χ0v) is 17.9. The second-order valence-corrected chi connectivity index (χ2v) is 7.46. The van der Waals surface area contributed by atoms with E-state index in [2.05, 4.69) is 15.3 Å². The third-order valence-corrected chi connectivity index (χ3v) is 5.35. The molecule has 3 aromatic heterocycles. The first-order valence-corrected chi connectivity index (χ1v) is 10.4. The summed E-state index contributed by atoms with van der Waals surface area (Å²) in [6, 6.07) is 22.1. The van der Waals surface area contributed by atoms with Crippen LogP contribution in [0.5, 0.6) is 0 Å². The number of hydrogen-bond acceptors (Lipinski definition) is 6. The third-order valence-electron chi connectivity index (χ3n) is 5.35. The molecule has 0 saturated heterocycles. The number of benzene rings is 2. The highest BCUT2D eigenvalue weighted by atomic mass is 16.1. The Bertz CT molecular complexity index is 1440. The Hall–Kier alpha value is -4.72. The maximum absolute atomic E-state index is 12.6. The molecular weight excluding hydrogens is 414 g/mol. The number of carbonyl (C=O) groups excluding carboxylic acids is 1. The Morgan fingerprint density at radius 3 is 2.58 bits per heavy atom. The van der Waals surface area contributed by atoms with Gasteiger partial charge in [-0.15, -0.1) is 0 Å². The fourth-order valence-corrected chi connectivity index (χ4v) is 3.53. The second-order valence-electron chi connectivity index (χ2n) is 7.46. The lowest BCUT2D eigenvalue weighted by Crippen LogP contribution is -2.15. The van der Waals surface area contributed by atoms with E-state index in [9.17, 15) is 4.79 Å². The Morgan fingerprint density at radius 2 is 1.76 bits per heavy atom. The predicted octanol–water partition coefficient (Wildman–Crippen LogP) is 4.39. The monoisotopic (exact) mass is 435 g/mol. The molecule has 0 unspecified atom stereocenters. The van der Waals surface area contributed by atoms with Crippen LogP contribution >= 0.6 is 0 Å². The Kier molecular flexibility index (Phi) is 5.16. The molecule has 0 spiro atoms. The van der Waals surface area contributed by atoms with Crippen LogP contribution in [0.25, 0.3) is 17.0 Å². The summed E-state index contributed by atoms with van der Waals surface area (Å²) in [5.41, 5.74) is 10.9. The Balaban J connectivity index is 1.37. The number of nitrogens with two attached hydrogens (primary N) is 1. The van der Waals surface area contributed by atoms with Crippen molar-refractivity contribution >= 4 is 34.6 Å². The van der Waals surface area contributed by atoms with Crippen molar-refractivity contribution in [2.24, 2.45) is 0 Å². The van der Waals surface area contributed by atoms with Gasteiger partial charge in [-0.1, -0.05) is 18.2 Å². The van der Waals surface area contributed by atoms with Crippen LogP contribution in [0.2, 0.25) is 0 Å². The van der Waals surface area contributed by atoms with Gasteiger partial charge >= 0.3 is 0 Å². The van der Waals surface area contributed by atoms with Crippen LogP contribution in [-0.4, -0.2) is 32.3 Å². The van der Waals surface area contributed by atoms with E-state index in [1.807, 2.05) is 71.1 Å². The van der Waals surface area contributed by atoms with Gasteiger partial charge in [-0.2, -0.15) is 0 Å². The highest BCUT2D eigenvalue weighted by molar-refractivity contribution is 6.05. The number of hydrogen-bond donors (Lipinski definition) is 2. The van der Waals surface area contributed by atoms with E-state index in [1.54, 1.807) is 36.7 Å². The van der Waals surface area contributed by atoms with Crippen LogP contribution in [0.3, 0.4) is 0 Å². The van der Waals surface area contributed by atoms with Gasteiger partial charge in [0.2, 0.25) is 5.95 Å². The molecular formula is C25H21N7O. The topological polar surface area (TPSA) is 101 Å². The van der Waals surface area contributed by atoms with Crippen LogP contribution < -0.4 is 16.0 Å². The minimum atomic E-state index is -0.229. The molecule has 0 bridgehead atoms. The van der Waals surface area contributed by atoms with Crippen molar-refractivity contribution in [2.45, 2.75) is 0 Å². The van der Waals surface area contributed by atoms with Crippen molar-refractivity contribution in [3.05, 3.63) is 97.0 Å². The quantitative estimate of drug-likeness (QED) is 0.397. The molecule has 8 heteroatoms. The molecule has 162 valence electrons. The fourth-order valence-electron chi connectivity index (χ4n) is 3.53. The van der Waals surface area contributed by atoms with Gasteiger partial charge in [0.15, 0.2) is 0 Å². The van der Waals surface area contributed by atoms with E-state index in [4.69, 9.17) is 10.7 Å². The van der Waals surface area contributed by atoms with Gasteiger partial charge in [0, 0.05) is 30.7 Å². The number of nitrogen functional groups attached to an aromatic ring is 1. The van der Waals surface area contributed by atoms with Gasteiger partial charge in [0.1, 0.15) is 5.65 Å². The molecule has 2 aromatic carbocycles. The first-order chi connectivity index (χ1) is 16.1. The molecule has 8 nitrogen and oxygen atoms in total. The first kappa shape index (κ1) is 20.2. The molecule has 5 rings (SSSR count). The van der Waals surface area contributed by atoms with Gasteiger partial charge in [-0.25, -0.2) is 15.0 Å². The summed E-state index contributed by atoms with van der Waals surface area (Å²) >= 11 is 0. The number of aromatic nitrogens is 4. The van der Waals surface area contributed by atoms with Gasteiger partial charge in [-0.3, -0.25) is 9.20 Å². The third kappa shape index (κ3) is 3.97. The Labute approximate surface area is 190 Å². The molecule has 0 radical (unpaired) electrons. The highest BCUT2D eigenvalue weighted by Crippen LogP contribution is 2.25. The van der Waals surface area contributed by atoms with E-state index < -0.39 is 0 Å². The molecule has 0 saturated carbocycles. The van der Waals surface area contributed by atoms with Crippen LogP contribution in [0.15, 0.2) is 91.4 Å². The zero-order valence-electron chi connectivity index (χ0n) is 17.9. The molecule has 33 heavy (non-hydrogen) atoms. The van der Waals surface area contributed by atoms with Gasteiger partial charge < -0.3 is 16.0 Å². The normalized spacial score (nSPS) is 10.8. The second kappa shape index (κ2) is 8.43. The van der Waals surface area contributed by atoms with Crippen LogP contribution in [-0.2, 0) is 0 Å². The first-order valence-electron chi connectivity index (χ1n) is 10.4. The summed E-state index contributed by atoms with van der Waals surface area (Å²) in [6.45, 7) is 0. The number of carbonyl (C=O) groups is 1. The summed E-state index contributed by atoms with van der Waals surface area (Å²) in [4.78, 5) is 28.0. The maximum Gasteiger partial charge on any atom is 0.255 e. The number of imidazole rings is 1. The van der Waals surface area contributed by atoms with Crippen molar-refractivity contribution in [1.82, 2.24) is 19.4 Å². The fraction of sp³-hybridized carbons (Fsp3) is 0.0400. The van der Waals surface area contributed by atoms with Crippen LogP contribution in [0.1, 0.15) is 10.4 Å². The number of amides is 1. The van der Waals surface area contributed by atoms with E-state index >= 15 is 0 Å². The standard InChI is InChI=1S/C25H21N7O/c1-31(18-11-9-17(10-12-18)24(33)29-20-7-3-2-6-19(20)26)25-27-14-13-21(30-25)22-16-28-23-8-4-5-15-32(22)23/h2-16H,26H2,1H3,(H,29,33). The average Bonchev–Trinajstić information content (AvgIpc) is 3.29. The number of rotatable bonds is 5. The lowest BCUT2D eigenvalue weighted by atomic mass is 10.1. The SMILES string of the molecule is CN(c1ccc(C(=O)Nc2ccccc2N)cc1)c1nccc(-c2cnc3ccccn23)n1. The summed E-state index contributed by atoms with van der Waals surface area (Å²) < 4.78 is 1.99. The lowest BCUT2D eigenvalue weighted by molar-refractivity contribution is 0.102.